The Labute approximate surface area is 220 Å². The number of carbonyl (C=O) groups is 2. The average Bonchev–Trinajstić information content (AvgIpc) is 2.92. The summed E-state index contributed by atoms with van der Waals surface area (Å²) in [6, 6.07) is 21.8. The highest BCUT2D eigenvalue weighted by Crippen LogP contribution is 2.26. The summed E-state index contributed by atoms with van der Waals surface area (Å²) in [6.45, 7) is 8.09. The molecule has 0 fully saturated rings. The first kappa shape index (κ1) is 28.0. The van der Waals surface area contributed by atoms with Crippen molar-refractivity contribution in [2.45, 2.75) is 72.3 Å². The van der Waals surface area contributed by atoms with E-state index in [9.17, 15) is 9.59 Å². The van der Waals surface area contributed by atoms with Gasteiger partial charge in [0, 0.05) is 0 Å². The molecule has 0 saturated carbocycles. The van der Waals surface area contributed by atoms with E-state index in [0.29, 0.717) is 23.5 Å². The largest absolute Gasteiger partial charge is 0.491 e. The molecule has 0 amide bonds. The fourth-order valence-corrected chi connectivity index (χ4v) is 3.80. The van der Waals surface area contributed by atoms with Gasteiger partial charge in [-0.1, -0.05) is 64.3 Å². The smallest absolute Gasteiger partial charge is 0.343 e. The van der Waals surface area contributed by atoms with Gasteiger partial charge in [-0.3, -0.25) is 4.79 Å². The number of carbonyl (C=O) groups excluding carboxylic acids is 2. The van der Waals surface area contributed by atoms with Gasteiger partial charge in [0.15, 0.2) is 0 Å². The van der Waals surface area contributed by atoms with Crippen molar-refractivity contribution < 1.29 is 23.8 Å². The van der Waals surface area contributed by atoms with Crippen molar-refractivity contribution in [2.24, 2.45) is 5.92 Å². The molecule has 0 bridgehead atoms. The minimum absolute atomic E-state index is 0.173. The number of ether oxygens (including phenoxy) is 3. The Morgan fingerprint density at radius 1 is 0.676 bits per heavy atom. The van der Waals surface area contributed by atoms with Crippen molar-refractivity contribution in [1.82, 2.24) is 0 Å². The zero-order chi connectivity index (χ0) is 26.6. The van der Waals surface area contributed by atoms with E-state index in [4.69, 9.17) is 14.2 Å². The van der Waals surface area contributed by atoms with Crippen molar-refractivity contribution in [3.63, 3.8) is 0 Å². The maximum Gasteiger partial charge on any atom is 0.343 e. The van der Waals surface area contributed by atoms with Crippen LogP contribution in [0.3, 0.4) is 0 Å². The molecular weight excluding hydrogens is 464 g/mol. The molecule has 0 spiro atoms. The van der Waals surface area contributed by atoms with Crippen molar-refractivity contribution in [3.05, 3.63) is 78.4 Å². The van der Waals surface area contributed by atoms with Crippen LogP contribution in [0.4, 0.5) is 0 Å². The average molecular weight is 503 g/mol. The summed E-state index contributed by atoms with van der Waals surface area (Å²) in [5, 5.41) is 0. The molecule has 0 saturated heterocycles. The third-order valence-electron chi connectivity index (χ3n) is 6.38. The first-order valence-corrected chi connectivity index (χ1v) is 13.3. The summed E-state index contributed by atoms with van der Waals surface area (Å²) in [6.07, 6.45) is 6.96. The second-order valence-corrected chi connectivity index (χ2v) is 9.47. The molecule has 0 heterocycles. The zero-order valence-corrected chi connectivity index (χ0v) is 22.4. The third kappa shape index (κ3) is 8.78. The van der Waals surface area contributed by atoms with Crippen molar-refractivity contribution >= 4 is 11.9 Å². The normalized spacial score (nSPS) is 12.4. The molecule has 0 aliphatic heterocycles. The van der Waals surface area contributed by atoms with Crippen LogP contribution in [0.15, 0.2) is 72.8 Å². The van der Waals surface area contributed by atoms with E-state index in [1.807, 2.05) is 50.2 Å². The maximum atomic E-state index is 12.5. The van der Waals surface area contributed by atoms with E-state index in [1.54, 1.807) is 36.4 Å². The first-order chi connectivity index (χ1) is 17.9. The fraction of sp³-hybridized carbons (Fsp3) is 0.375. The minimum atomic E-state index is -0.474. The summed E-state index contributed by atoms with van der Waals surface area (Å²) in [7, 11) is 0. The summed E-state index contributed by atoms with van der Waals surface area (Å²) in [5.41, 5.74) is 2.46. The van der Waals surface area contributed by atoms with Crippen molar-refractivity contribution in [1.29, 1.82) is 0 Å². The Morgan fingerprint density at radius 2 is 1.22 bits per heavy atom. The topological polar surface area (TPSA) is 61.8 Å². The Bertz CT molecular complexity index is 1120. The van der Waals surface area contributed by atoms with Gasteiger partial charge in [0.2, 0.25) is 0 Å². The van der Waals surface area contributed by atoms with Gasteiger partial charge in [-0.2, -0.15) is 0 Å². The van der Waals surface area contributed by atoms with Gasteiger partial charge in [0.25, 0.3) is 0 Å². The van der Waals surface area contributed by atoms with Gasteiger partial charge in [-0.25, -0.2) is 4.79 Å². The van der Waals surface area contributed by atoms with E-state index >= 15 is 0 Å². The summed E-state index contributed by atoms with van der Waals surface area (Å²) < 4.78 is 16.9. The Hall–Kier alpha value is -3.60. The summed E-state index contributed by atoms with van der Waals surface area (Å²) in [4.78, 5) is 24.5. The molecule has 3 aromatic rings. The van der Waals surface area contributed by atoms with Crippen LogP contribution in [0.25, 0.3) is 11.1 Å². The lowest BCUT2D eigenvalue weighted by atomic mass is 10.1. The highest BCUT2D eigenvalue weighted by Gasteiger charge is 2.14. The molecule has 0 radical (unpaired) electrons. The molecule has 0 aliphatic carbocycles. The third-order valence-corrected chi connectivity index (χ3v) is 6.38. The molecule has 37 heavy (non-hydrogen) atoms. The Kier molecular flexibility index (Phi) is 10.8. The Morgan fingerprint density at radius 3 is 1.78 bits per heavy atom. The first-order valence-electron chi connectivity index (χ1n) is 13.3. The molecule has 2 atom stereocenters. The second kappa shape index (κ2) is 14.2. The molecular formula is C32H38O5. The zero-order valence-electron chi connectivity index (χ0n) is 22.4. The van der Waals surface area contributed by atoms with Crippen LogP contribution in [0.5, 0.6) is 17.2 Å². The number of rotatable bonds is 13. The van der Waals surface area contributed by atoms with Crippen LogP contribution in [-0.2, 0) is 4.79 Å². The predicted molar refractivity (Wildman–Crippen MR) is 147 cm³/mol. The highest BCUT2D eigenvalue weighted by atomic mass is 16.5. The standard InChI is InChI=1S/C32H38O5/c1-5-7-8-9-10-24(4)35-28-17-11-25(12-18-28)26-13-19-30(20-14-26)37-32(34)27-15-21-29(22-16-27)36-31(33)23(3)6-2/h11-24H,5-10H2,1-4H3/t23?,24-/m0/s1. The molecule has 0 aliphatic rings. The number of hydrogen-bond donors (Lipinski definition) is 0. The highest BCUT2D eigenvalue weighted by molar-refractivity contribution is 5.91. The number of benzene rings is 3. The van der Waals surface area contributed by atoms with E-state index in [0.717, 1.165) is 23.3 Å². The second-order valence-electron chi connectivity index (χ2n) is 9.47. The van der Waals surface area contributed by atoms with E-state index in [1.165, 1.54) is 25.7 Å². The minimum Gasteiger partial charge on any atom is -0.491 e. The van der Waals surface area contributed by atoms with Crippen LogP contribution in [-0.4, -0.2) is 18.0 Å². The summed E-state index contributed by atoms with van der Waals surface area (Å²) >= 11 is 0. The van der Waals surface area contributed by atoms with Crippen LogP contribution in [0.2, 0.25) is 0 Å². The van der Waals surface area contributed by atoms with Crippen LogP contribution in [0.1, 0.15) is 76.6 Å². The number of hydrogen-bond acceptors (Lipinski definition) is 5. The SMILES string of the molecule is CCCCCC[C@H](C)Oc1ccc(-c2ccc(OC(=O)c3ccc(OC(=O)C(C)CC)cc3)cc2)cc1. The molecule has 5 nitrogen and oxygen atoms in total. The Balaban J connectivity index is 1.52. The van der Waals surface area contributed by atoms with Crippen LogP contribution in [0, 0.1) is 5.92 Å². The quantitative estimate of drug-likeness (QED) is 0.134. The van der Waals surface area contributed by atoms with Gasteiger partial charge in [-0.05, 0) is 85.8 Å². The molecule has 196 valence electrons. The fourth-order valence-electron chi connectivity index (χ4n) is 3.80. The number of esters is 2. The summed E-state index contributed by atoms with van der Waals surface area (Å²) in [5.74, 6) is 0.804. The van der Waals surface area contributed by atoms with Crippen LogP contribution < -0.4 is 14.2 Å². The lowest BCUT2D eigenvalue weighted by Crippen LogP contribution is -2.17. The van der Waals surface area contributed by atoms with Gasteiger partial charge >= 0.3 is 11.9 Å². The van der Waals surface area contributed by atoms with Gasteiger partial charge < -0.3 is 14.2 Å². The molecule has 0 N–H and O–H groups in total. The van der Waals surface area contributed by atoms with Gasteiger partial charge in [0.05, 0.1) is 17.6 Å². The monoisotopic (exact) mass is 502 g/mol. The molecule has 1 unspecified atom stereocenters. The lowest BCUT2D eigenvalue weighted by molar-refractivity contribution is -0.138. The van der Waals surface area contributed by atoms with Crippen molar-refractivity contribution in [2.75, 3.05) is 0 Å². The van der Waals surface area contributed by atoms with Crippen LogP contribution >= 0.6 is 0 Å². The van der Waals surface area contributed by atoms with E-state index < -0.39 is 5.97 Å². The number of unbranched alkanes of at least 4 members (excludes halogenated alkanes) is 3. The molecule has 3 rings (SSSR count). The van der Waals surface area contributed by atoms with Crippen molar-refractivity contribution in [3.8, 4) is 28.4 Å². The molecule has 0 aromatic heterocycles. The molecule has 5 heteroatoms. The van der Waals surface area contributed by atoms with Gasteiger partial charge in [-0.15, -0.1) is 0 Å². The lowest BCUT2D eigenvalue weighted by Gasteiger charge is -2.15. The molecule has 3 aromatic carbocycles. The van der Waals surface area contributed by atoms with Gasteiger partial charge in [0.1, 0.15) is 17.2 Å². The maximum absolute atomic E-state index is 12.5. The van der Waals surface area contributed by atoms with E-state index in [2.05, 4.69) is 13.8 Å². The van der Waals surface area contributed by atoms with E-state index in [-0.39, 0.29) is 18.0 Å². The predicted octanol–water partition coefficient (Wildman–Crippen LogP) is 8.26.